The smallest absolute Gasteiger partial charge is 0.264 e. The molecule has 0 atom stereocenters. The van der Waals surface area contributed by atoms with E-state index in [4.69, 9.17) is 11.6 Å². The number of amides is 1. The van der Waals surface area contributed by atoms with Crippen LogP contribution in [0.15, 0.2) is 96.2 Å². The van der Waals surface area contributed by atoms with Crippen molar-refractivity contribution in [3.63, 3.8) is 0 Å². The maximum atomic E-state index is 12.9. The molecule has 5 aromatic rings. The van der Waals surface area contributed by atoms with E-state index in [9.17, 15) is 9.59 Å². The van der Waals surface area contributed by atoms with Crippen LogP contribution in [0.4, 0.5) is 0 Å². The maximum Gasteiger partial charge on any atom is 0.264 e. The molecule has 0 spiro atoms. The van der Waals surface area contributed by atoms with Crippen molar-refractivity contribution < 1.29 is 4.79 Å². The zero-order chi connectivity index (χ0) is 24.2. The Morgan fingerprint density at radius 1 is 0.914 bits per heavy atom. The highest BCUT2D eigenvalue weighted by Gasteiger charge is 2.11. The monoisotopic (exact) mass is 483 g/mol. The molecular weight excluding hydrogens is 462 g/mol. The van der Waals surface area contributed by atoms with Gasteiger partial charge in [0.15, 0.2) is 5.65 Å². The molecule has 35 heavy (non-hydrogen) atoms. The molecule has 0 bridgehead atoms. The number of benzene rings is 3. The van der Waals surface area contributed by atoms with E-state index in [1.165, 1.54) is 12.5 Å². The van der Waals surface area contributed by atoms with Gasteiger partial charge in [-0.2, -0.15) is 5.10 Å². The van der Waals surface area contributed by atoms with Crippen molar-refractivity contribution in [1.29, 1.82) is 0 Å². The Morgan fingerprint density at radius 3 is 2.37 bits per heavy atom. The number of rotatable bonds is 7. The second kappa shape index (κ2) is 9.95. The number of fused-ring (bicyclic) bond motifs is 1. The highest BCUT2D eigenvalue weighted by atomic mass is 35.5. The normalized spacial score (nSPS) is 11.0. The molecule has 0 fully saturated rings. The second-order valence-corrected chi connectivity index (χ2v) is 8.54. The van der Waals surface area contributed by atoms with E-state index in [0.717, 1.165) is 16.7 Å². The van der Waals surface area contributed by atoms with Gasteiger partial charge in [-0.05, 0) is 41.0 Å². The summed E-state index contributed by atoms with van der Waals surface area (Å²) >= 11 is 5.93. The fourth-order valence-electron chi connectivity index (χ4n) is 3.88. The SMILES string of the molecule is O=C(NCCn1ncc2c(=O)n(Cc3ccc(Cl)cc3)cnc21)c1ccc(-c2ccccc2)cc1. The Bertz CT molecular complexity index is 1520. The molecule has 2 aromatic heterocycles. The lowest BCUT2D eigenvalue weighted by Gasteiger charge is -2.08. The molecule has 8 heteroatoms. The molecular formula is C27H22ClN5O2. The molecule has 1 N–H and O–H groups in total. The van der Waals surface area contributed by atoms with Gasteiger partial charge in [0.1, 0.15) is 11.7 Å². The van der Waals surface area contributed by atoms with Crippen LogP contribution < -0.4 is 10.9 Å². The summed E-state index contributed by atoms with van der Waals surface area (Å²) in [5.74, 6) is -0.167. The molecule has 0 unspecified atom stereocenters. The highest BCUT2D eigenvalue weighted by molar-refractivity contribution is 6.30. The minimum atomic E-state index is -0.168. The fourth-order valence-corrected chi connectivity index (χ4v) is 4.01. The van der Waals surface area contributed by atoms with Gasteiger partial charge in [-0.25, -0.2) is 9.67 Å². The van der Waals surface area contributed by atoms with Crippen molar-refractivity contribution in [3.8, 4) is 11.1 Å². The topological polar surface area (TPSA) is 81.8 Å². The number of carbonyl (C=O) groups is 1. The first-order valence-electron chi connectivity index (χ1n) is 11.2. The largest absolute Gasteiger partial charge is 0.350 e. The molecule has 2 heterocycles. The van der Waals surface area contributed by atoms with Crippen LogP contribution in [0, 0.1) is 0 Å². The van der Waals surface area contributed by atoms with Crippen LogP contribution in [0.25, 0.3) is 22.2 Å². The molecule has 0 saturated carbocycles. The Morgan fingerprint density at radius 2 is 1.63 bits per heavy atom. The summed E-state index contributed by atoms with van der Waals surface area (Å²) in [6.07, 6.45) is 3.04. The summed E-state index contributed by atoms with van der Waals surface area (Å²) in [5, 5.41) is 8.29. The van der Waals surface area contributed by atoms with E-state index in [0.29, 0.717) is 41.3 Å². The average molecular weight is 484 g/mol. The van der Waals surface area contributed by atoms with E-state index in [1.54, 1.807) is 21.4 Å². The van der Waals surface area contributed by atoms with Crippen LogP contribution in [0.5, 0.6) is 0 Å². The van der Waals surface area contributed by atoms with Gasteiger partial charge in [-0.15, -0.1) is 0 Å². The van der Waals surface area contributed by atoms with Crippen molar-refractivity contribution >= 4 is 28.5 Å². The van der Waals surface area contributed by atoms with Gasteiger partial charge in [0.05, 0.1) is 19.3 Å². The first-order chi connectivity index (χ1) is 17.1. The van der Waals surface area contributed by atoms with E-state index in [2.05, 4.69) is 15.4 Å². The Labute approximate surface area is 206 Å². The summed E-state index contributed by atoms with van der Waals surface area (Å²) in [4.78, 5) is 29.9. The van der Waals surface area contributed by atoms with Crippen molar-refractivity contribution in [2.75, 3.05) is 6.54 Å². The maximum absolute atomic E-state index is 12.9. The minimum Gasteiger partial charge on any atom is -0.350 e. The van der Waals surface area contributed by atoms with Gasteiger partial charge in [0.2, 0.25) is 0 Å². The molecule has 0 aliphatic carbocycles. The first kappa shape index (κ1) is 22.6. The lowest BCUT2D eigenvalue weighted by atomic mass is 10.0. The second-order valence-electron chi connectivity index (χ2n) is 8.11. The number of halogens is 1. The lowest BCUT2D eigenvalue weighted by Crippen LogP contribution is -2.27. The molecule has 1 amide bonds. The van der Waals surface area contributed by atoms with Gasteiger partial charge in [-0.3, -0.25) is 14.2 Å². The Hall–Kier alpha value is -4.23. The quantitative estimate of drug-likeness (QED) is 0.372. The zero-order valence-corrected chi connectivity index (χ0v) is 19.5. The molecule has 0 radical (unpaired) electrons. The predicted octanol–water partition coefficient (Wildman–Crippen LogP) is 4.39. The molecule has 0 aliphatic rings. The average Bonchev–Trinajstić information content (AvgIpc) is 3.31. The highest BCUT2D eigenvalue weighted by Crippen LogP contribution is 2.19. The summed E-state index contributed by atoms with van der Waals surface area (Å²) in [6, 6.07) is 24.8. The van der Waals surface area contributed by atoms with Crippen LogP contribution in [-0.4, -0.2) is 31.8 Å². The third-order valence-corrected chi connectivity index (χ3v) is 6.00. The van der Waals surface area contributed by atoms with Gasteiger partial charge in [-0.1, -0.05) is 66.2 Å². The molecule has 5 rings (SSSR count). The molecule has 3 aromatic carbocycles. The Balaban J connectivity index is 1.22. The van der Waals surface area contributed by atoms with Crippen LogP contribution in [-0.2, 0) is 13.1 Å². The van der Waals surface area contributed by atoms with Gasteiger partial charge >= 0.3 is 0 Å². The standard InChI is InChI=1S/C27H22ClN5O2/c28-23-12-6-19(7-13-23)17-32-18-30-25-24(27(32)35)16-31-33(25)15-14-29-26(34)22-10-8-21(9-11-22)20-4-2-1-3-5-20/h1-13,16,18H,14-15,17H2,(H,29,34). The van der Waals surface area contributed by atoms with Crippen molar-refractivity contribution in [2.45, 2.75) is 13.1 Å². The van der Waals surface area contributed by atoms with Crippen molar-refractivity contribution in [3.05, 3.63) is 118 Å². The number of carbonyl (C=O) groups excluding carboxylic acids is 1. The lowest BCUT2D eigenvalue weighted by molar-refractivity contribution is 0.0952. The number of nitrogens with zero attached hydrogens (tertiary/aromatic N) is 4. The van der Waals surface area contributed by atoms with Crippen molar-refractivity contribution in [1.82, 2.24) is 24.6 Å². The third kappa shape index (κ3) is 5.00. The third-order valence-electron chi connectivity index (χ3n) is 5.75. The molecule has 0 saturated heterocycles. The first-order valence-corrected chi connectivity index (χ1v) is 11.6. The van der Waals surface area contributed by atoms with E-state index in [1.807, 2.05) is 66.7 Å². The van der Waals surface area contributed by atoms with Crippen molar-refractivity contribution in [2.24, 2.45) is 0 Å². The van der Waals surface area contributed by atoms with Crippen LogP contribution in [0.2, 0.25) is 5.02 Å². The predicted molar refractivity (Wildman–Crippen MR) is 137 cm³/mol. The molecule has 0 aliphatic heterocycles. The summed E-state index contributed by atoms with van der Waals surface area (Å²) < 4.78 is 3.17. The zero-order valence-electron chi connectivity index (χ0n) is 18.8. The number of hydrogen-bond donors (Lipinski definition) is 1. The van der Waals surface area contributed by atoms with Crippen LogP contribution in [0.1, 0.15) is 15.9 Å². The van der Waals surface area contributed by atoms with Crippen LogP contribution >= 0.6 is 11.6 Å². The molecule has 7 nitrogen and oxygen atoms in total. The minimum absolute atomic E-state index is 0.167. The van der Waals surface area contributed by atoms with Gasteiger partial charge in [0, 0.05) is 17.1 Å². The van der Waals surface area contributed by atoms with E-state index >= 15 is 0 Å². The summed E-state index contributed by atoms with van der Waals surface area (Å²) in [7, 11) is 0. The van der Waals surface area contributed by atoms with Gasteiger partial charge < -0.3 is 5.32 Å². The number of nitrogens with one attached hydrogen (secondary N) is 1. The van der Waals surface area contributed by atoms with Crippen LogP contribution in [0.3, 0.4) is 0 Å². The van der Waals surface area contributed by atoms with Gasteiger partial charge in [0.25, 0.3) is 11.5 Å². The van der Waals surface area contributed by atoms with E-state index < -0.39 is 0 Å². The number of hydrogen-bond acceptors (Lipinski definition) is 4. The molecule has 174 valence electrons. The summed E-state index contributed by atoms with van der Waals surface area (Å²) in [6.45, 7) is 1.14. The Kier molecular flexibility index (Phi) is 6.41. The fraction of sp³-hybridized carbons (Fsp3) is 0.111. The summed E-state index contributed by atoms with van der Waals surface area (Å²) in [5.41, 5.74) is 4.01. The number of aromatic nitrogens is 4. The van der Waals surface area contributed by atoms with E-state index in [-0.39, 0.29) is 11.5 Å².